The minimum Gasteiger partial charge on any atom is -0.480 e. The van der Waals surface area contributed by atoms with Gasteiger partial charge < -0.3 is 5.11 Å². The van der Waals surface area contributed by atoms with E-state index in [0.29, 0.717) is 12.8 Å². The molecule has 1 aliphatic rings. The number of carboxylic acid groups (broad SMARTS) is 1. The van der Waals surface area contributed by atoms with Crippen LogP contribution in [0.2, 0.25) is 5.15 Å². The average molecular weight is 333 g/mol. The Kier molecular flexibility index (Phi) is 5.18. The third-order valence-corrected chi connectivity index (χ3v) is 5.57. The number of pyridine rings is 1. The SMILES string of the molecule is O=C(O)C(NS(=O)(=O)c1cccnc1Cl)C1CCCCC1. The van der Waals surface area contributed by atoms with E-state index in [1.54, 1.807) is 0 Å². The maximum Gasteiger partial charge on any atom is 0.322 e. The summed E-state index contributed by atoms with van der Waals surface area (Å²) in [5, 5.41) is 9.16. The van der Waals surface area contributed by atoms with Gasteiger partial charge in [0.2, 0.25) is 10.0 Å². The summed E-state index contributed by atoms with van der Waals surface area (Å²) in [5.74, 6) is -1.35. The average Bonchev–Trinajstić information content (AvgIpc) is 2.46. The number of hydrogen-bond acceptors (Lipinski definition) is 4. The maximum absolute atomic E-state index is 12.3. The van der Waals surface area contributed by atoms with Gasteiger partial charge in [-0.3, -0.25) is 4.79 Å². The first-order valence-electron chi connectivity index (χ1n) is 6.77. The molecule has 0 aliphatic heterocycles. The monoisotopic (exact) mass is 332 g/mol. The molecule has 1 atom stereocenters. The van der Waals surface area contributed by atoms with Crippen molar-refractivity contribution in [3.05, 3.63) is 23.5 Å². The third kappa shape index (κ3) is 3.93. The molecule has 2 N–H and O–H groups in total. The van der Waals surface area contributed by atoms with Crippen LogP contribution < -0.4 is 4.72 Å². The van der Waals surface area contributed by atoms with Gasteiger partial charge in [0, 0.05) is 6.20 Å². The smallest absolute Gasteiger partial charge is 0.322 e. The van der Waals surface area contributed by atoms with Crippen molar-refractivity contribution in [1.82, 2.24) is 9.71 Å². The number of rotatable bonds is 5. The number of sulfonamides is 1. The molecule has 1 saturated carbocycles. The lowest BCUT2D eigenvalue weighted by molar-refractivity contribution is -0.140. The summed E-state index contributed by atoms with van der Waals surface area (Å²) in [6.45, 7) is 0. The van der Waals surface area contributed by atoms with Crippen LogP contribution in [0.15, 0.2) is 23.2 Å². The molecule has 6 nitrogen and oxygen atoms in total. The van der Waals surface area contributed by atoms with E-state index in [-0.39, 0.29) is 16.0 Å². The molecule has 0 saturated heterocycles. The topological polar surface area (TPSA) is 96.4 Å². The Bertz CT molecular complexity index is 614. The quantitative estimate of drug-likeness (QED) is 0.804. The van der Waals surface area contributed by atoms with E-state index >= 15 is 0 Å². The molecule has 1 aliphatic carbocycles. The molecule has 116 valence electrons. The third-order valence-electron chi connectivity index (χ3n) is 3.68. The highest BCUT2D eigenvalue weighted by Gasteiger charge is 2.34. The standard InChI is InChI=1S/C13H17ClN2O4S/c14-12-10(7-4-8-15-12)21(19,20)16-11(13(17)18)9-5-2-1-3-6-9/h4,7-9,11,16H,1-3,5-6H2,(H,17,18). The summed E-state index contributed by atoms with van der Waals surface area (Å²) in [4.78, 5) is 14.9. The van der Waals surface area contributed by atoms with Gasteiger partial charge in [-0.2, -0.15) is 4.72 Å². The van der Waals surface area contributed by atoms with Gasteiger partial charge in [0.05, 0.1) is 0 Å². The van der Waals surface area contributed by atoms with Gasteiger partial charge in [-0.1, -0.05) is 30.9 Å². The fourth-order valence-electron chi connectivity index (χ4n) is 2.62. The lowest BCUT2D eigenvalue weighted by Crippen LogP contribution is -2.46. The van der Waals surface area contributed by atoms with Gasteiger partial charge in [-0.05, 0) is 30.9 Å². The Hall–Kier alpha value is -1.18. The Labute approximate surface area is 128 Å². The second-order valence-corrected chi connectivity index (χ2v) is 7.17. The summed E-state index contributed by atoms with van der Waals surface area (Å²) >= 11 is 5.78. The molecule has 1 unspecified atom stereocenters. The zero-order valence-corrected chi connectivity index (χ0v) is 12.9. The van der Waals surface area contributed by atoms with E-state index in [9.17, 15) is 18.3 Å². The molecule has 1 heterocycles. The molecule has 0 spiro atoms. The predicted molar refractivity (Wildman–Crippen MR) is 77.6 cm³/mol. The number of halogens is 1. The van der Waals surface area contributed by atoms with Crippen LogP contribution in [0, 0.1) is 5.92 Å². The minimum absolute atomic E-state index is 0.169. The molecule has 21 heavy (non-hydrogen) atoms. The van der Waals surface area contributed by atoms with Crippen LogP contribution in [0.25, 0.3) is 0 Å². The second-order valence-electron chi connectivity index (χ2n) is 5.13. The Morgan fingerprint density at radius 2 is 2.05 bits per heavy atom. The van der Waals surface area contributed by atoms with Gasteiger partial charge >= 0.3 is 5.97 Å². The van der Waals surface area contributed by atoms with Crippen LogP contribution in [0.4, 0.5) is 0 Å². The van der Waals surface area contributed by atoms with E-state index in [4.69, 9.17) is 11.6 Å². The van der Waals surface area contributed by atoms with Crippen LogP contribution in [0.1, 0.15) is 32.1 Å². The summed E-state index contributed by atoms with van der Waals surface area (Å²) in [6, 6.07) is 1.61. The first-order valence-corrected chi connectivity index (χ1v) is 8.63. The largest absolute Gasteiger partial charge is 0.480 e. The number of hydrogen-bond donors (Lipinski definition) is 2. The van der Waals surface area contributed by atoms with Crippen molar-refractivity contribution < 1.29 is 18.3 Å². The molecule has 0 bridgehead atoms. The molecule has 2 rings (SSSR count). The van der Waals surface area contributed by atoms with E-state index in [1.165, 1.54) is 18.3 Å². The van der Waals surface area contributed by atoms with Gasteiger partial charge in [0.15, 0.2) is 0 Å². The van der Waals surface area contributed by atoms with Crippen LogP contribution >= 0.6 is 11.6 Å². The molecule has 1 aromatic heterocycles. The molecule has 0 aromatic carbocycles. The zero-order chi connectivity index (χ0) is 15.5. The minimum atomic E-state index is -4.01. The molecule has 0 radical (unpaired) electrons. The molecular weight excluding hydrogens is 316 g/mol. The van der Waals surface area contributed by atoms with Crippen molar-refractivity contribution in [3.8, 4) is 0 Å². The molecule has 8 heteroatoms. The summed E-state index contributed by atoms with van der Waals surface area (Å²) in [7, 11) is -4.01. The van der Waals surface area contributed by atoms with E-state index in [1.807, 2.05) is 0 Å². The van der Waals surface area contributed by atoms with Crippen molar-refractivity contribution in [2.45, 2.75) is 43.0 Å². The van der Waals surface area contributed by atoms with E-state index in [2.05, 4.69) is 9.71 Å². The highest BCUT2D eigenvalue weighted by Crippen LogP contribution is 2.28. The number of nitrogens with one attached hydrogen (secondary N) is 1. The van der Waals surface area contributed by atoms with Crippen LogP contribution in [0.5, 0.6) is 0 Å². The summed E-state index contributed by atoms with van der Waals surface area (Å²) < 4.78 is 26.9. The van der Waals surface area contributed by atoms with Gasteiger partial charge in [-0.25, -0.2) is 13.4 Å². The van der Waals surface area contributed by atoms with Crippen molar-refractivity contribution in [2.75, 3.05) is 0 Å². The predicted octanol–water partition coefficient (Wildman–Crippen LogP) is 2.05. The Morgan fingerprint density at radius 3 is 2.62 bits per heavy atom. The van der Waals surface area contributed by atoms with Crippen molar-refractivity contribution in [3.63, 3.8) is 0 Å². The summed E-state index contributed by atoms with van der Waals surface area (Å²) in [5.41, 5.74) is 0. The fraction of sp³-hybridized carbons (Fsp3) is 0.538. The molecule has 0 amide bonds. The maximum atomic E-state index is 12.3. The summed E-state index contributed by atoms with van der Waals surface area (Å²) in [6.07, 6.45) is 5.69. The van der Waals surface area contributed by atoms with E-state index < -0.39 is 22.0 Å². The Morgan fingerprint density at radius 1 is 1.38 bits per heavy atom. The van der Waals surface area contributed by atoms with Crippen LogP contribution in [-0.4, -0.2) is 30.5 Å². The van der Waals surface area contributed by atoms with Crippen LogP contribution in [0.3, 0.4) is 0 Å². The van der Waals surface area contributed by atoms with E-state index in [0.717, 1.165) is 19.3 Å². The Balaban J connectivity index is 2.23. The molecule has 1 aromatic rings. The number of nitrogens with zero attached hydrogens (tertiary/aromatic N) is 1. The van der Waals surface area contributed by atoms with Crippen molar-refractivity contribution >= 4 is 27.6 Å². The first kappa shape index (κ1) is 16.2. The van der Waals surface area contributed by atoms with Gasteiger partial charge in [0.1, 0.15) is 16.1 Å². The normalized spacial score (nSPS) is 18.3. The zero-order valence-electron chi connectivity index (χ0n) is 11.3. The van der Waals surface area contributed by atoms with Crippen molar-refractivity contribution in [2.24, 2.45) is 5.92 Å². The highest BCUT2D eigenvalue weighted by molar-refractivity contribution is 7.89. The van der Waals surface area contributed by atoms with Gasteiger partial charge in [-0.15, -0.1) is 0 Å². The van der Waals surface area contributed by atoms with Gasteiger partial charge in [0.25, 0.3) is 0 Å². The fourth-order valence-corrected chi connectivity index (χ4v) is 4.33. The van der Waals surface area contributed by atoms with Crippen molar-refractivity contribution in [1.29, 1.82) is 0 Å². The second kappa shape index (κ2) is 6.72. The van der Waals surface area contributed by atoms with Crippen LogP contribution in [-0.2, 0) is 14.8 Å². The lowest BCUT2D eigenvalue weighted by Gasteiger charge is -2.27. The lowest BCUT2D eigenvalue weighted by atomic mass is 9.84. The molecule has 1 fully saturated rings. The number of carbonyl (C=O) groups is 1. The number of carboxylic acids is 1. The number of aromatic nitrogens is 1. The molecular formula is C13H17ClN2O4S. The highest BCUT2D eigenvalue weighted by atomic mass is 35.5. The first-order chi connectivity index (χ1) is 9.92. The number of aliphatic carboxylic acids is 1.